The molecule has 1 fully saturated rings. The zero-order valence-electron chi connectivity index (χ0n) is 17.8. The lowest BCUT2D eigenvalue weighted by Gasteiger charge is -2.32. The van der Waals surface area contributed by atoms with E-state index in [1.54, 1.807) is 4.90 Å². The van der Waals surface area contributed by atoms with E-state index in [1.807, 2.05) is 31.0 Å². The number of piperidine rings is 1. The number of carbonyl (C=O) groups excluding carboxylic acids is 1. The summed E-state index contributed by atoms with van der Waals surface area (Å²) in [5, 5.41) is 11.1. The van der Waals surface area contributed by atoms with Gasteiger partial charge in [0.2, 0.25) is 0 Å². The van der Waals surface area contributed by atoms with Crippen LogP contribution in [0.5, 0.6) is 0 Å². The molecule has 1 aromatic rings. The van der Waals surface area contributed by atoms with E-state index in [0.717, 1.165) is 30.9 Å². The Balaban J connectivity index is 1.94. The van der Waals surface area contributed by atoms with Crippen LogP contribution >= 0.6 is 0 Å². The fraction of sp³-hybridized carbons (Fsp3) is 0.737. The van der Waals surface area contributed by atoms with Crippen LogP contribution in [0.1, 0.15) is 38.3 Å². The summed E-state index contributed by atoms with van der Waals surface area (Å²) in [4.78, 5) is 20.6. The lowest BCUT2D eigenvalue weighted by atomic mass is 10.1. The topological polar surface area (TPSA) is 87.0 Å². The summed E-state index contributed by atoms with van der Waals surface area (Å²) in [5.41, 5.74) is 1.15. The van der Waals surface area contributed by atoms with Gasteiger partial charge in [0, 0.05) is 44.5 Å². The Kier molecular flexibility index (Phi) is 8.56. The second kappa shape index (κ2) is 10.9. The van der Waals surface area contributed by atoms with Crippen molar-refractivity contribution in [2.75, 3.05) is 46.9 Å². The second-order valence-corrected chi connectivity index (χ2v) is 7.25. The summed E-state index contributed by atoms with van der Waals surface area (Å²) in [6.07, 6.45) is 5.47. The SMILES string of the molecule is CCNC(=NCC(c1cnn(C)c1)N(C)C)NC1CCN(C(=O)OCC)CC1. The molecule has 1 aliphatic heterocycles. The fourth-order valence-electron chi connectivity index (χ4n) is 3.29. The number of amides is 1. The van der Waals surface area contributed by atoms with E-state index in [2.05, 4.69) is 41.7 Å². The molecule has 28 heavy (non-hydrogen) atoms. The third-order valence-electron chi connectivity index (χ3n) is 4.86. The molecule has 0 spiro atoms. The molecule has 0 radical (unpaired) electrons. The number of likely N-dealkylation sites (tertiary alicyclic amines) is 1. The van der Waals surface area contributed by atoms with Crippen molar-refractivity contribution in [2.24, 2.45) is 12.0 Å². The molecule has 0 aliphatic carbocycles. The molecule has 1 aromatic heterocycles. The van der Waals surface area contributed by atoms with Crippen LogP contribution in [0.3, 0.4) is 0 Å². The molecule has 1 saturated heterocycles. The van der Waals surface area contributed by atoms with Crippen molar-refractivity contribution in [1.29, 1.82) is 0 Å². The van der Waals surface area contributed by atoms with Gasteiger partial charge in [-0.3, -0.25) is 9.67 Å². The van der Waals surface area contributed by atoms with Gasteiger partial charge in [-0.1, -0.05) is 0 Å². The van der Waals surface area contributed by atoms with Crippen molar-refractivity contribution in [3.63, 3.8) is 0 Å². The normalized spacial score (nSPS) is 16.9. The number of nitrogens with zero attached hydrogens (tertiary/aromatic N) is 5. The van der Waals surface area contributed by atoms with E-state index in [9.17, 15) is 4.79 Å². The van der Waals surface area contributed by atoms with Crippen LogP contribution in [-0.2, 0) is 11.8 Å². The second-order valence-electron chi connectivity index (χ2n) is 7.25. The average Bonchev–Trinajstić information content (AvgIpc) is 3.08. The van der Waals surface area contributed by atoms with Crippen molar-refractivity contribution >= 4 is 12.1 Å². The summed E-state index contributed by atoms with van der Waals surface area (Å²) >= 11 is 0. The van der Waals surface area contributed by atoms with Gasteiger partial charge in [-0.05, 0) is 40.8 Å². The Morgan fingerprint density at radius 3 is 2.64 bits per heavy atom. The van der Waals surface area contributed by atoms with Gasteiger partial charge < -0.3 is 25.2 Å². The van der Waals surface area contributed by atoms with Crippen molar-refractivity contribution in [3.05, 3.63) is 18.0 Å². The molecule has 9 heteroatoms. The maximum Gasteiger partial charge on any atom is 0.409 e. The van der Waals surface area contributed by atoms with Gasteiger partial charge in [-0.25, -0.2) is 4.79 Å². The minimum Gasteiger partial charge on any atom is -0.450 e. The molecule has 1 atom stereocenters. The Hall–Kier alpha value is -2.29. The predicted molar refractivity (Wildman–Crippen MR) is 110 cm³/mol. The standard InChI is InChI=1S/C19H35N7O2/c1-6-20-18(21-13-17(24(3)4)15-12-22-25(5)14-15)23-16-8-10-26(11-9-16)19(27)28-7-2/h12,14,16-17H,6-11,13H2,1-5H3,(H2,20,21,23). The van der Waals surface area contributed by atoms with Crippen molar-refractivity contribution in [2.45, 2.75) is 38.8 Å². The Morgan fingerprint density at radius 2 is 2.11 bits per heavy atom. The number of likely N-dealkylation sites (N-methyl/N-ethyl adjacent to an activating group) is 1. The molecule has 1 aliphatic rings. The average molecular weight is 394 g/mol. The van der Waals surface area contributed by atoms with E-state index in [1.165, 1.54) is 0 Å². The highest BCUT2D eigenvalue weighted by Crippen LogP contribution is 2.17. The number of aromatic nitrogens is 2. The fourth-order valence-corrected chi connectivity index (χ4v) is 3.29. The smallest absolute Gasteiger partial charge is 0.409 e. The minimum absolute atomic E-state index is 0.162. The first-order chi connectivity index (χ1) is 13.4. The molecule has 0 bridgehead atoms. The lowest BCUT2D eigenvalue weighted by molar-refractivity contribution is 0.0963. The highest BCUT2D eigenvalue weighted by molar-refractivity contribution is 5.80. The van der Waals surface area contributed by atoms with E-state index in [-0.39, 0.29) is 12.1 Å². The molecule has 2 heterocycles. The molecular weight excluding hydrogens is 358 g/mol. The first-order valence-electron chi connectivity index (χ1n) is 10.1. The van der Waals surface area contributed by atoms with Crippen LogP contribution in [-0.4, -0.2) is 84.6 Å². The molecule has 1 unspecified atom stereocenters. The van der Waals surface area contributed by atoms with E-state index in [4.69, 9.17) is 9.73 Å². The van der Waals surface area contributed by atoms with Crippen molar-refractivity contribution in [3.8, 4) is 0 Å². The van der Waals surface area contributed by atoms with Crippen molar-refractivity contribution < 1.29 is 9.53 Å². The Bertz CT molecular complexity index is 636. The van der Waals surface area contributed by atoms with Crippen LogP contribution < -0.4 is 10.6 Å². The zero-order chi connectivity index (χ0) is 20.5. The number of ether oxygens (including phenoxy) is 1. The van der Waals surface area contributed by atoms with Gasteiger partial charge >= 0.3 is 6.09 Å². The molecule has 158 valence electrons. The maximum absolute atomic E-state index is 11.8. The van der Waals surface area contributed by atoms with Gasteiger partial charge in [0.05, 0.1) is 25.4 Å². The first-order valence-corrected chi connectivity index (χ1v) is 10.1. The van der Waals surface area contributed by atoms with Crippen molar-refractivity contribution in [1.82, 2.24) is 30.2 Å². The number of hydrogen-bond donors (Lipinski definition) is 2. The first kappa shape index (κ1) is 22.0. The van der Waals surface area contributed by atoms with Gasteiger partial charge in [0.15, 0.2) is 5.96 Å². The Morgan fingerprint density at radius 1 is 1.39 bits per heavy atom. The quantitative estimate of drug-likeness (QED) is 0.535. The highest BCUT2D eigenvalue weighted by Gasteiger charge is 2.24. The van der Waals surface area contributed by atoms with Crippen LogP contribution in [0.25, 0.3) is 0 Å². The molecule has 0 saturated carbocycles. The number of carbonyl (C=O) groups is 1. The Labute approximate surface area is 168 Å². The van der Waals surface area contributed by atoms with Gasteiger partial charge in [-0.2, -0.15) is 5.10 Å². The molecule has 9 nitrogen and oxygen atoms in total. The summed E-state index contributed by atoms with van der Waals surface area (Å²) in [7, 11) is 6.03. The number of rotatable bonds is 7. The van der Waals surface area contributed by atoms with Crippen LogP contribution in [0.4, 0.5) is 4.79 Å². The third kappa shape index (κ3) is 6.40. The number of guanidine groups is 1. The van der Waals surface area contributed by atoms with Gasteiger partial charge in [0.25, 0.3) is 0 Å². The number of aryl methyl sites for hydroxylation is 1. The number of hydrogen-bond acceptors (Lipinski definition) is 5. The van der Waals surface area contributed by atoms with Gasteiger partial charge in [-0.15, -0.1) is 0 Å². The molecular formula is C19H35N7O2. The van der Waals surface area contributed by atoms with Crippen LogP contribution in [0, 0.1) is 0 Å². The molecule has 2 N–H and O–H groups in total. The minimum atomic E-state index is -0.216. The lowest BCUT2D eigenvalue weighted by Crippen LogP contribution is -2.50. The summed E-state index contributed by atoms with van der Waals surface area (Å²) < 4.78 is 6.90. The molecule has 0 aromatic carbocycles. The van der Waals surface area contributed by atoms with E-state index >= 15 is 0 Å². The van der Waals surface area contributed by atoms with Crippen LogP contribution in [0.15, 0.2) is 17.4 Å². The highest BCUT2D eigenvalue weighted by atomic mass is 16.6. The summed E-state index contributed by atoms with van der Waals surface area (Å²) in [6, 6.07) is 0.453. The third-order valence-corrected chi connectivity index (χ3v) is 4.86. The maximum atomic E-state index is 11.8. The number of nitrogens with one attached hydrogen (secondary N) is 2. The van der Waals surface area contributed by atoms with Gasteiger partial charge in [0.1, 0.15) is 0 Å². The summed E-state index contributed by atoms with van der Waals surface area (Å²) in [6.45, 7) is 7.14. The molecule has 2 rings (SSSR count). The summed E-state index contributed by atoms with van der Waals surface area (Å²) in [5.74, 6) is 0.813. The number of aliphatic imine (C=N–C) groups is 1. The largest absolute Gasteiger partial charge is 0.450 e. The zero-order valence-corrected chi connectivity index (χ0v) is 17.8. The van der Waals surface area contributed by atoms with Crippen LogP contribution in [0.2, 0.25) is 0 Å². The molecule has 1 amide bonds. The predicted octanol–water partition coefficient (Wildman–Crippen LogP) is 1.20. The van der Waals surface area contributed by atoms with E-state index < -0.39 is 0 Å². The monoisotopic (exact) mass is 393 g/mol. The van der Waals surface area contributed by atoms with E-state index in [0.29, 0.717) is 32.3 Å².